The van der Waals surface area contributed by atoms with Gasteiger partial charge in [0.25, 0.3) is 5.91 Å². The molecule has 2 aromatic rings. The van der Waals surface area contributed by atoms with Gasteiger partial charge in [-0.2, -0.15) is 0 Å². The normalized spacial score (nSPS) is 27.5. The Labute approximate surface area is 160 Å². The van der Waals surface area contributed by atoms with Crippen LogP contribution in [-0.2, 0) is 7.05 Å². The number of aromatic nitrogens is 1. The highest BCUT2D eigenvalue weighted by Crippen LogP contribution is 2.33. The number of amides is 1. The molecule has 4 nitrogen and oxygen atoms in total. The van der Waals surface area contributed by atoms with E-state index < -0.39 is 0 Å². The summed E-state index contributed by atoms with van der Waals surface area (Å²) in [5, 5.41) is 3.34. The summed E-state index contributed by atoms with van der Waals surface area (Å²) < 4.78 is 2.02. The molecule has 3 aliphatic heterocycles. The van der Waals surface area contributed by atoms with Gasteiger partial charge in [0, 0.05) is 35.3 Å². The van der Waals surface area contributed by atoms with Crippen molar-refractivity contribution in [1.29, 1.82) is 0 Å². The molecule has 4 heterocycles. The Bertz CT molecular complexity index is 805. The van der Waals surface area contributed by atoms with Crippen molar-refractivity contribution in [2.75, 3.05) is 19.3 Å². The van der Waals surface area contributed by atoms with E-state index in [2.05, 4.69) is 53.7 Å². The third-order valence-electron chi connectivity index (χ3n) is 6.21. The van der Waals surface area contributed by atoms with Crippen LogP contribution >= 0.6 is 11.8 Å². The maximum atomic E-state index is 13.0. The number of carbonyl (C=O) groups excluding carboxylic acids is 1. The zero-order valence-electron chi connectivity index (χ0n) is 15.7. The van der Waals surface area contributed by atoms with Gasteiger partial charge in [-0.25, -0.2) is 0 Å². The van der Waals surface area contributed by atoms with Gasteiger partial charge in [0.05, 0.1) is 0 Å². The van der Waals surface area contributed by atoms with Gasteiger partial charge in [0.1, 0.15) is 5.69 Å². The molecule has 138 valence electrons. The molecule has 0 unspecified atom stereocenters. The van der Waals surface area contributed by atoms with Gasteiger partial charge in [-0.3, -0.25) is 9.69 Å². The number of nitrogens with zero attached hydrogens (tertiary/aromatic N) is 2. The summed E-state index contributed by atoms with van der Waals surface area (Å²) in [6, 6.07) is 13.1. The second kappa shape index (κ2) is 7.12. The Morgan fingerprint density at radius 2 is 1.88 bits per heavy atom. The minimum atomic E-state index is 0.0472. The van der Waals surface area contributed by atoms with Crippen molar-refractivity contribution in [2.24, 2.45) is 13.0 Å². The standard InChI is InChI=1S/C21H27N3OS/c1-14-20(15-10-12-24(14)13-11-15)22-21(25)18-9-8-17(23(18)2)16-6-4-5-7-19(16)26-3/h4-9,14-15,20H,10-13H2,1-3H3,(H,22,25)/t14-,20+/m1/s1. The van der Waals surface area contributed by atoms with Crippen LogP contribution in [0.2, 0.25) is 0 Å². The smallest absolute Gasteiger partial charge is 0.268 e. The molecule has 26 heavy (non-hydrogen) atoms. The lowest BCUT2D eigenvalue weighted by Crippen LogP contribution is -2.62. The van der Waals surface area contributed by atoms with Gasteiger partial charge in [-0.1, -0.05) is 18.2 Å². The molecule has 1 amide bonds. The van der Waals surface area contributed by atoms with Crippen LogP contribution in [-0.4, -0.2) is 46.8 Å². The Hall–Kier alpha value is -1.72. The second-order valence-electron chi connectivity index (χ2n) is 7.48. The highest BCUT2D eigenvalue weighted by Gasteiger charge is 2.40. The molecule has 1 aromatic carbocycles. The first kappa shape index (κ1) is 17.7. The van der Waals surface area contributed by atoms with Gasteiger partial charge in [0.2, 0.25) is 0 Å². The number of nitrogens with one attached hydrogen (secondary N) is 1. The average molecular weight is 370 g/mol. The van der Waals surface area contributed by atoms with E-state index in [0.717, 1.165) is 11.4 Å². The molecule has 3 saturated heterocycles. The number of piperidine rings is 3. The molecule has 0 saturated carbocycles. The Kier molecular flexibility index (Phi) is 4.84. The van der Waals surface area contributed by atoms with Crippen LogP contribution in [0.1, 0.15) is 30.3 Å². The number of thioether (sulfide) groups is 1. The molecule has 0 radical (unpaired) electrons. The molecule has 2 atom stereocenters. The lowest BCUT2D eigenvalue weighted by atomic mass is 9.79. The van der Waals surface area contributed by atoms with E-state index >= 15 is 0 Å². The average Bonchev–Trinajstić information content (AvgIpc) is 3.06. The predicted molar refractivity (Wildman–Crippen MR) is 108 cm³/mol. The fourth-order valence-corrected chi connectivity index (χ4v) is 5.24. The number of benzene rings is 1. The maximum absolute atomic E-state index is 13.0. The van der Waals surface area contributed by atoms with Gasteiger partial charge in [-0.05, 0) is 63.2 Å². The van der Waals surface area contributed by atoms with Crippen molar-refractivity contribution in [1.82, 2.24) is 14.8 Å². The summed E-state index contributed by atoms with van der Waals surface area (Å²) in [5.41, 5.74) is 3.00. The number of hydrogen-bond donors (Lipinski definition) is 1. The first-order chi connectivity index (χ1) is 12.6. The molecule has 3 fully saturated rings. The van der Waals surface area contributed by atoms with E-state index in [-0.39, 0.29) is 11.9 Å². The van der Waals surface area contributed by atoms with Crippen LogP contribution in [0.15, 0.2) is 41.3 Å². The number of fused-ring (bicyclic) bond motifs is 3. The first-order valence-electron chi connectivity index (χ1n) is 9.44. The SMILES string of the molecule is CSc1ccccc1-c1ccc(C(=O)N[C@@H]2C3CCN(CC3)[C@@H]2C)n1C. The second-order valence-corrected chi connectivity index (χ2v) is 8.32. The first-order valence-corrected chi connectivity index (χ1v) is 10.7. The molecule has 0 aliphatic carbocycles. The Morgan fingerprint density at radius 1 is 1.15 bits per heavy atom. The summed E-state index contributed by atoms with van der Waals surface area (Å²) in [6.07, 6.45) is 4.49. The maximum Gasteiger partial charge on any atom is 0.268 e. The molecule has 1 aromatic heterocycles. The summed E-state index contributed by atoms with van der Waals surface area (Å²) in [4.78, 5) is 16.7. The molecule has 1 N–H and O–H groups in total. The van der Waals surface area contributed by atoms with Crippen LogP contribution in [0.4, 0.5) is 0 Å². The van der Waals surface area contributed by atoms with Crippen LogP contribution in [0.25, 0.3) is 11.3 Å². The zero-order valence-corrected chi connectivity index (χ0v) is 16.6. The summed E-state index contributed by atoms with van der Waals surface area (Å²) in [5.74, 6) is 0.668. The fourth-order valence-electron chi connectivity index (χ4n) is 4.64. The molecular weight excluding hydrogens is 342 g/mol. The summed E-state index contributed by atoms with van der Waals surface area (Å²) in [7, 11) is 1.99. The molecule has 3 aliphatic rings. The van der Waals surface area contributed by atoms with E-state index in [9.17, 15) is 4.79 Å². The minimum Gasteiger partial charge on any atom is -0.346 e. The Balaban J connectivity index is 1.57. The highest BCUT2D eigenvalue weighted by atomic mass is 32.2. The van der Waals surface area contributed by atoms with Crippen LogP contribution in [0, 0.1) is 5.92 Å². The van der Waals surface area contributed by atoms with E-state index in [0.29, 0.717) is 12.0 Å². The minimum absolute atomic E-state index is 0.0472. The topological polar surface area (TPSA) is 37.3 Å². The lowest BCUT2D eigenvalue weighted by Gasteiger charge is -2.49. The van der Waals surface area contributed by atoms with Gasteiger partial charge < -0.3 is 9.88 Å². The van der Waals surface area contributed by atoms with Crippen molar-refractivity contribution >= 4 is 17.7 Å². The van der Waals surface area contributed by atoms with Gasteiger partial charge in [-0.15, -0.1) is 11.8 Å². The molecule has 0 spiro atoms. The van der Waals surface area contributed by atoms with E-state index in [1.165, 1.54) is 36.4 Å². The Morgan fingerprint density at radius 3 is 2.58 bits per heavy atom. The summed E-state index contributed by atoms with van der Waals surface area (Å²) >= 11 is 1.73. The van der Waals surface area contributed by atoms with E-state index in [1.54, 1.807) is 11.8 Å². The highest BCUT2D eigenvalue weighted by molar-refractivity contribution is 7.98. The van der Waals surface area contributed by atoms with Crippen LogP contribution < -0.4 is 5.32 Å². The zero-order chi connectivity index (χ0) is 18.3. The van der Waals surface area contributed by atoms with Crippen LogP contribution in [0.5, 0.6) is 0 Å². The summed E-state index contributed by atoms with van der Waals surface area (Å²) in [6.45, 7) is 4.61. The van der Waals surface area contributed by atoms with Crippen LogP contribution in [0.3, 0.4) is 0 Å². The molecule has 5 heteroatoms. The van der Waals surface area contributed by atoms with Crippen molar-refractivity contribution in [3.8, 4) is 11.3 Å². The number of rotatable bonds is 4. The van der Waals surface area contributed by atoms with Crippen molar-refractivity contribution in [3.05, 3.63) is 42.1 Å². The number of hydrogen-bond acceptors (Lipinski definition) is 3. The monoisotopic (exact) mass is 369 g/mol. The fraction of sp³-hybridized carbons (Fsp3) is 0.476. The molecular formula is C21H27N3OS. The van der Waals surface area contributed by atoms with Crippen molar-refractivity contribution in [3.63, 3.8) is 0 Å². The number of carbonyl (C=O) groups is 1. The molecule has 5 rings (SSSR count). The lowest BCUT2D eigenvalue weighted by molar-refractivity contribution is 0.0215. The van der Waals surface area contributed by atoms with Crippen molar-refractivity contribution < 1.29 is 4.79 Å². The predicted octanol–water partition coefficient (Wildman–Crippen LogP) is 3.63. The molecule has 2 bridgehead atoms. The van der Waals surface area contributed by atoms with E-state index in [1.807, 2.05) is 17.7 Å². The van der Waals surface area contributed by atoms with Gasteiger partial charge in [0.15, 0.2) is 0 Å². The quantitative estimate of drug-likeness (QED) is 0.837. The van der Waals surface area contributed by atoms with Crippen molar-refractivity contribution in [2.45, 2.75) is 36.7 Å². The third kappa shape index (κ3) is 2.97. The largest absolute Gasteiger partial charge is 0.346 e. The third-order valence-corrected chi connectivity index (χ3v) is 7.01. The van der Waals surface area contributed by atoms with E-state index in [4.69, 9.17) is 0 Å². The van der Waals surface area contributed by atoms with Gasteiger partial charge >= 0.3 is 0 Å².